The normalized spacial score (nSPS) is 18.4. The van der Waals surface area contributed by atoms with Gasteiger partial charge in [-0.2, -0.15) is 0 Å². The number of nitrogens with one attached hydrogen (secondary N) is 4. The molecule has 328 valence electrons. The molecule has 4 aromatic carbocycles. The number of aryl methyl sites for hydroxylation is 2. The number of amides is 2. The van der Waals surface area contributed by atoms with E-state index in [4.69, 9.17) is 23.2 Å². The lowest BCUT2D eigenvalue weighted by Crippen LogP contribution is -2.41. The predicted molar refractivity (Wildman–Crippen MR) is 246 cm³/mol. The highest BCUT2D eigenvalue weighted by molar-refractivity contribution is 6.35. The SMILES string of the molecule is CC(NCCc1ccc(O)cc1)C1CCc2cc(Cl)c3c(c2C1=O)CCC(=O)N3.CC(NCCc1ccc(O)cc1)C1CCc2cc(Cl)c3c(c2C1=O)CCC(=O)N3.Cl.Cl.O. The van der Waals surface area contributed by atoms with Crippen LogP contribution in [-0.2, 0) is 48.1 Å². The average Bonchev–Trinajstić information content (AvgIpc) is 3.20. The predicted octanol–water partition coefficient (Wildman–Crippen LogP) is 7.81. The number of Topliss-reactive ketones (excluding diaryl/α,β-unsaturated/α-hetero) is 2. The van der Waals surface area contributed by atoms with Crippen molar-refractivity contribution in [2.45, 2.75) is 90.1 Å². The Balaban J connectivity index is 0.000000256. The molecule has 4 atom stereocenters. The van der Waals surface area contributed by atoms with Crippen LogP contribution in [0.25, 0.3) is 0 Å². The van der Waals surface area contributed by atoms with E-state index < -0.39 is 0 Å². The second-order valence-corrected chi connectivity index (χ2v) is 16.7. The standard InChI is InChI=1S/2C23H25ClN2O3.2ClH.H2O/c2*1-13(25-11-10-14-2-5-16(27)6-3-14)17-7-4-15-12-19(24)22-18(21(15)23(17)29)8-9-20(28)26-22;;;/h2*2-3,5-6,12-13,17,25,27H,4,7-11H2,1H3,(H,26,28);2*1H;1H2. The third-order valence-corrected chi connectivity index (χ3v) is 12.7. The number of carbonyl (C=O) groups excluding carboxylic acids is 4. The Bertz CT molecular complexity index is 2080. The van der Waals surface area contributed by atoms with Crippen LogP contribution in [0.5, 0.6) is 11.5 Å². The van der Waals surface area contributed by atoms with E-state index in [1.807, 2.05) is 36.4 Å². The molecule has 4 aromatic rings. The Labute approximate surface area is 378 Å². The zero-order chi connectivity index (χ0) is 41.1. The van der Waals surface area contributed by atoms with E-state index in [1.54, 1.807) is 24.3 Å². The highest BCUT2D eigenvalue weighted by atomic mass is 35.5. The summed E-state index contributed by atoms with van der Waals surface area (Å²) in [4.78, 5) is 50.3. The number of aromatic hydroxyl groups is 2. The number of ketones is 2. The third-order valence-electron chi connectivity index (χ3n) is 12.1. The maximum atomic E-state index is 13.4. The van der Waals surface area contributed by atoms with E-state index in [2.05, 4.69) is 35.1 Å². The zero-order valence-corrected chi connectivity index (χ0v) is 37.3. The first kappa shape index (κ1) is 49.5. The molecule has 0 aromatic heterocycles. The highest BCUT2D eigenvalue weighted by Crippen LogP contribution is 2.42. The summed E-state index contributed by atoms with van der Waals surface area (Å²) in [6.45, 7) is 5.65. The summed E-state index contributed by atoms with van der Waals surface area (Å²) in [5.74, 6) is 0.546. The van der Waals surface area contributed by atoms with Crippen LogP contribution < -0.4 is 21.3 Å². The minimum atomic E-state index is -0.0924. The Morgan fingerprint density at radius 2 is 0.967 bits per heavy atom. The molecule has 2 amide bonds. The largest absolute Gasteiger partial charge is 0.508 e. The first-order valence-electron chi connectivity index (χ1n) is 20.3. The van der Waals surface area contributed by atoms with Crippen LogP contribution in [-0.4, -0.2) is 64.2 Å². The number of anilines is 2. The van der Waals surface area contributed by atoms with E-state index in [1.165, 1.54) is 0 Å². The van der Waals surface area contributed by atoms with Crippen LogP contribution >= 0.6 is 48.0 Å². The van der Waals surface area contributed by atoms with E-state index in [-0.39, 0.29) is 89.1 Å². The summed E-state index contributed by atoms with van der Waals surface area (Å²) in [5.41, 5.74) is 8.86. The lowest BCUT2D eigenvalue weighted by molar-refractivity contribution is -0.117. The molecule has 8 rings (SSSR count). The minimum absolute atomic E-state index is 0. The molecule has 0 saturated heterocycles. The van der Waals surface area contributed by atoms with Gasteiger partial charge in [0.25, 0.3) is 0 Å². The Hall–Kier alpha value is -4.20. The van der Waals surface area contributed by atoms with Crippen LogP contribution in [0.15, 0.2) is 60.7 Å². The number of hydrogen-bond donors (Lipinski definition) is 6. The zero-order valence-electron chi connectivity index (χ0n) is 34.2. The molecule has 2 aliphatic heterocycles. The van der Waals surface area contributed by atoms with Gasteiger partial charge in [-0.15, -0.1) is 24.8 Å². The number of fused-ring (bicyclic) bond motifs is 6. The maximum Gasteiger partial charge on any atom is 0.224 e. The quantitative estimate of drug-likeness (QED) is 0.0930. The average molecular weight is 917 g/mol. The van der Waals surface area contributed by atoms with Crippen molar-refractivity contribution in [3.63, 3.8) is 0 Å². The van der Waals surface area contributed by atoms with Gasteiger partial charge < -0.3 is 37.0 Å². The first-order valence-corrected chi connectivity index (χ1v) is 21.0. The number of halogens is 4. The van der Waals surface area contributed by atoms with Crippen molar-refractivity contribution in [1.82, 2.24) is 10.6 Å². The fraction of sp³-hybridized carbons (Fsp3) is 0.391. The summed E-state index contributed by atoms with van der Waals surface area (Å²) in [6.07, 6.45) is 6.78. The van der Waals surface area contributed by atoms with Crippen molar-refractivity contribution in [2.24, 2.45) is 11.8 Å². The second-order valence-electron chi connectivity index (χ2n) is 15.9. The third kappa shape index (κ3) is 11.3. The molecular weight excluding hydrogens is 862 g/mol. The first-order chi connectivity index (χ1) is 27.9. The summed E-state index contributed by atoms with van der Waals surface area (Å²) in [5, 5.41) is 32.5. The van der Waals surface area contributed by atoms with Crippen LogP contribution in [0.4, 0.5) is 11.4 Å². The van der Waals surface area contributed by atoms with Gasteiger partial charge in [0, 0.05) is 47.9 Å². The summed E-state index contributed by atoms with van der Waals surface area (Å²) in [7, 11) is 0. The Morgan fingerprint density at radius 1 is 0.607 bits per heavy atom. The van der Waals surface area contributed by atoms with Gasteiger partial charge in [0.1, 0.15) is 11.5 Å². The van der Waals surface area contributed by atoms with Gasteiger partial charge in [-0.25, -0.2) is 0 Å². The van der Waals surface area contributed by atoms with Crippen molar-refractivity contribution in [1.29, 1.82) is 0 Å². The van der Waals surface area contributed by atoms with E-state index >= 15 is 0 Å². The molecule has 4 aliphatic rings. The smallest absolute Gasteiger partial charge is 0.224 e. The van der Waals surface area contributed by atoms with Crippen LogP contribution in [0, 0.1) is 11.8 Å². The van der Waals surface area contributed by atoms with Crippen LogP contribution in [0.3, 0.4) is 0 Å². The van der Waals surface area contributed by atoms with Gasteiger partial charge in [0.15, 0.2) is 11.6 Å². The van der Waals surface area contributed by atoms with E-state index in [0.717, 1.165) is 96.1 Å². The molecule has 15 heteroatoms. The Kier molecular flexibility index (Phi) is 17.6. The second kappa shape index (κ2) is 21.7. The molecule has 0 radical (unpaired) electrons. The van der Waals surface area contributed by atoms with Crippen molar-refractivity contribution in [3.05, 3.63) is 115 Å². The van der Waals surface area contributed by atoms with Crippen LogP contribution in [0.2, 0.25) is 10.0 Å². The molecule has 2 aliphatic carbocycles. The molecule has 4 unspecified atom stereocenters. The van der Waals surface area contributed by atoms with Gasteiger partial charge in [0.2, 0.25) is 11.8 Å². The molecule has 2 heterocycles. The number of carbonyl (C=O) groups is 4. The molecule has 0 spiro atoms. The van der Waals surface area contributed by atoms with Crippen LogP contribution in [0.1, 0.15) is 93.6 Å². The summed E-state index contributed by atoms with van der Waals surface area (Å²) in [6, 6.07) is 18.2. The highest BCUT2D eigenvalue weighted by Gasteiger charge is 2.37. The molecule has 0 fully saturated rings. The van der Waals surface area contributed by atoms with Gasteiger partial charge in [0.05, 0.1) is 21.4 Å². The summed E-state index contributed by atoms with van der Waals surface area (Å²) >= 11 is 12.7. The fourth-order valence-corrected chi connectivity index (χ4v) is 9.47. The van der Waals surface area contributed by atoms with Crippen molar-refractivity contribution in [2.75, 3.05) is 23.7 Å². The molecule has 0 bridgehead atoms. The topological polar surface area (TPSA) is 188 Å². The maximum absolute atomic E-state index is 13.4. The number of hydrogen-bond acceptors (Lipinski definition) is 8. The monoisotopic (exact) mass is 914 g/mol. The lowest BCUT2D eigenvalue weighted by atomic mass is 9.76. The van der Waals surface area contributed by atoms with Crippen molar-refractivity contribution < 1.29 is 34.9 Å². The number of rotatable bonds is 10. The molecule has 0 saturated carbocycles. The van der Waals surface area contributed by atoms with Crippen molar-refractivity contribution in [3.8, 4) is 11.5 Å². The fourth-order valence-electron chi connectivity index (χ4n) is 8.89. The molecular formula is C46H54Cl4N4O7. The summed E-state index contributed by atoms with van der Waals surface area (Å²) < 4.78 is 0. The molecule has 61 heavy (non-hydrogen) atoms. The van der Waals surface area contributed by atoms with Gasteiger partial charge in [-0.3, -0.25) is 19.2 Å². The minimum Gasteiger partial charge on any atom is -0.508 e. The van der Waals surface area contributed by atoms with E-state index in [0.29, 0.717) is 47.1 Å². The number of phenols is 2. The number of benzene rings is 4. The van der Waals surface area contributed by atoms with E-state index in [9.17, 15) is 29.4 Å². The lowest BCUT2D eigenvalue weighted by Gasteiger charge is -2.32. The Morgan fingerprint density at radius 3 is 1.33 bits per heavy atom. The van der Waals surface area contributed by atoms with Crippen molar-refractivity contribution >= 4 is 82.8 Å². The molecule has 11 nitrogen and oxygen atoms in total. The number of phenolic OH excluding ortho intramolecular Hbond substituents is 2. The van der Waals surface area contributed by atoms with Gasteiger partial charge >= 0.3 is 0 Å². The van der Waals surface area contributed by atoms with Gasteiger partial charge in [-0.05, 0) is 148 Å². The molecule has 8 N–H and O–H groups in total. The van der Waals surface area contributed by atoms with Gasteiger partial charge in [-0.1, -0.05) is 47.5 Å².